The molecular formula is C20H24N4O6S. The van der Waals surface area contributed by atoms with Crippen molar-refractivity contribution >= 4 is 33.0 Å². The number of nitrogens with one attached hydrogen (secondary N) is 2. The first kappa shape index (κ1) is 22.7. The highest BCUT2D eigenvalue weighted by atomic mass is 32.2. The average Bonchev–Trinajstić information content (AvgIpc) is 2.75. The van der Waals surface area contributed by atoms with E-state index in [1.54, 1.807) is 26.0 Å². The summed E-state index contributed by atoms with van der Waals surface area (Å²) in [6.45, 7) is 4.48. The number of hydrogen-bond donors (Lipinski definition) is 2. The Bertz CT molecular complexity index is 1100. The van der Waals surface area contributed by atoms with Crippen molar-refractivity contribution in [1.82, 2.24) is 4.31 Å². The zero-order valence-electron chi connectivity index (χ0n) is 17.3. The number of morpholine rings is 1. The van der Waals surface area contributed by atoms with Gasteiger partial charge >= 0.3 is 0 Å². The molecule has 2 aromatic carbocycles. The number of amides is 1. The van der Waals surface area contributed by atoms with Gasteiger partial charge in [0.25, 0.3) is 5.69 Å². The average molecular weight is 449 g/mol. The van der Waals surface area contributed by atoms with Crippen LogP contribution in [0.15, 0.2) is 41.3 Å². The number of ether oxygens (including phenoxy) is 1. The standard InChI is InChI=1S/C20H24N4O6S/c1-14-6-7-16(31(28,29)23-8-10-30-11-9-23)12-18(14)22-20(25)13-21-17-4-3-5-19(15(17)2)24(26)27/h3-7,12,21H,8-11,13H2,1-2H3,(H,22,25). The number of nitro groups is 1. The van der Waals surface area contributed by atoms with Gasteiger partial charge in [-0.05, 0) is 37.6 Å². The van der Waals surface area contributed by atoms with E-state index in [0.29, 0.717) is 35.7 Å². The van der Waals surface area contributed by atoms with Gasteiger partial charge in [-0.3, -0.25) is 14.9 Å². The van der Waals surface area contributed by atoms with Crippen LogP contribution < -0.4 is 10.6 Å². The molecule has 2 aromatic rings. The van der Waals surface area contributed by atoms with Gasteiger partial charge in [-0.1, -0.05) is 12.1 Å². The molecule has 31 heavy (non-hydrogen) atoms. The first-order chi connectivity index (χ1) is 14.7. The second-order valence-corrected chi connectivity index (χ2v) is 9.04. The molecule has 0 aromatic heterocycles. The van der Waals surface area contributed by atoms with Crippen molar-refractivity contribution in [2.45, 2.75) is 18.7 Å². The van der Waals surface area contributed by atoms with E-state index in [2.05, 4.69) is 10.6 Å². The van der Waals surface area contributed by atoms with Crippen LogP contribution in [-0.4, -0.2) is 56.4 Å². The Hall–Kier alpha value is -3.02. The number of carbonyl (C=O) groups excluding carboxylic acids is 1. The smallest absolute Gasteiger partial charge is 0.274 e. The summed E-state index contributed by atoms with van der Waals surface area (Å²) in [4.78, 5) is 23.1. The summed E-state index contributed by atoms with van der Waals surface area (Å²) in [5, 5.41) is 16.7. The normalized spacial score (nSPS) is 14.8. The molecule has 0 aliphatic carbocycles. The minimum absolute atomic E-state index is 0.0396. The van der Waals surface area contributed by atoms with Crippen molar-refractivity contribution < 1.29 is 22.9 Å². The lowest BCUT2D eigenvalue weighted by molar-refractivity contribution is -0.385. The number of nitrogens with zero attached hydrogens (tertiary/aromatic N) is 2. The molecule has 1 heterocycles. The zero-order chi connectivity index (χ0) is 22.6. The van der Waals surface area contributed by atoms with E-state index in [1.807, 2.05) is 0 Å². The Labute approximate surface area is 180 Å². The van der Waals surface area contributed by atoms with Crippen molar-refractivity contribution in [1.29, 1.82) is 0 Å². The van der Waals surface area contributed by atoms with Crippen molar-refractivity contribution in [3.05, 3.63) is 57.6 Å². The quantitative estimate of drug-likeness (QED) is 0.491. The maximum atomic E-state index is 12.9. The third-order valence-corrected chi connectivity index (χ3v) is 6.93. The zero-order valence-corrected chi connectivity index (χ0v) is 18.1. The number of sulfonamides is 1. The van der Waals surface area contributed by atoms with Crippen LogP contribution >= 0.6 is 0 Å². The number of anilines is 2. The first-order valence-electron chi connectivity index (χ1n) is 9.66. The second-order valence-electron chi connectivity index (χ2n) is 7.10. The largest absolute Gasteiger partial charge is 0.379 e. The minimum atomic E-state index is -3.69. The molecule has 0 unspecified atom stereocenters. The number of rotatable bonds is 7. The lowest BCUT2D eigenvalue weighted by Gasteiger charge is -2.26. The van der Waals surface area contributed by atoms with Gasteiger partial charge in [0.05, 0.1) is 29.6 Å². The van der Waals surface area contributed by atoms with Crippen LogP contribution in [0.1, 0.15) is 11.1 Å². The summed E-state index contributed by atoms with van der Waals surface area (Å²) in [6, 6.07) is 9.18. The van der Waals surface area contributed by atoms with E-state index >= 15 is 0 Å². The molecule has 1 amide bonds. The van der Waals surface area contributed by atoms with Crippen molar-refractivity contribution in [2.75, 3.05) is 43.5 Å². The second kappa shape index (κ2) is 9.41. The summed E-state index contributed by atoms with van der Waals surface area (Å²) >= 11 is 0. The molecule has 2 N–H and O–H groups in total. The van der Waals surface area contributed by atoms with Gasteiger partial charge < -0.3 is 15.4 Å². The van der Waals surface area contributed by atoms with Gasteiger partial charge in [-0.25, -0.2) is 8.42 Å². The number of nitro benzene ring substituents is 1. The summed E-state index contributed by atoms with van der Waals surface area (Å²) < 4.78 is 32.3. The van der Waals surface area contributed by atoms with Gasteiger partial charge in [0.2, 0.25) is 15.9 Å². The van der Waals surface area contributed by atoms with E-state index < -0.39 is 20.9 Å². The van der Waals surface area contributed by atoms with E-state index in [1.165, 1.54) is 28.6 Å². The molecule has 11 heteroatoms. The van der Waals surface area contributed by atoms with Crippen LogP contribution in [0.3, 0.4) is 0 Å². The van der Waals surface area contributed by atoms with Gasteiger partial charge in [-0.15, -0.1) is 0 Å². The molecule has 0 saturated carbocycles. The molecule has 0 atom stereocenters. The summed E-state index contributed by atoms with van der Waals surface area (Å²) in [5.41, 5.74) is 1.96. The molecule has 1 aliphatic heterocycles. The van der Waals surface area contributed by atoms with Crippen LogP contribution in [0.4, 0.5) is 17.1 Å². The Morgan fingerprint density at radius 2 is 1.87 bits per heavy atom. The molecule has 10 nitrogen and oxygen atoms in total. The third-order valence-electron chi connectivity index (χ3n) is 5.03. The highest BCUT2D eigenvalue weighted by Crippen LogP contribution is 2.26. The van der Waals surface area contributed by atoms with Crippen molar-refractivity contribution in [3.63, 3.8) is 0 Å². The minimum Gasteiger partial charge on any atom is -0.379 e. The molecule has 0 radical (unpaired) electrons. The highest BCUT2D eigenvalue weighted by molar-refractivity contribution is 7.89. The Morgan fingerprint density at radius 1 is 1.16 bits per heavy atom. The van der Waals surface area contributed by atoms with Gasteiger partial charge in [-0.2, -0.15) is 4.31 Å². The maximum Gasteiger partial charge on any atom is 0.274 e. The highest BCUT2D eigenvalue weighted by Gasteiger charge is 2.27. The fraction of sp³-hybridized carbons (Fsp3) is 0.350. The summed E-state index contributed by atoms with van der Waals surface area (Å²) in [6.07, 6.45) is 0. The SMILES string of the molecule is Cc1ccc(S(=O)(=O)N2CCOCC2)cc1NC(=O)CNc1cccc([N+](=O)[O-])c1C. The Kier molecular flexibility index (Phi) is 6.88. The van der Waals surface area contributed by atoms with Crippen molar-refractivity contribution in [2.24, 2.45) is 0 Å². The molecule has 1 fully saturated rings. The summed E-state index contributed by atoms with van der Waals surface area (Å²) in [5.74, 6) is -0.407. The topological polar surface area (TPSA) is 131 Å². The van der Waals surface area contributed by atoms with Crippen molar-refractivity contribution in [3.8, 4) is 0 Å². The number of carbonyl (C=O) groups is 1. The van der Waals surface area contributed by atoms with E-state index in [9.17, 15) is 23.3 Å². The Morgan fingerprint density at radius 3 is 2.55 bits per heavy atom. The van der Waals surface area contributed by atoms with Gasteiger partial charge in [0.15, 0.2) is 0 Å². The monoisotopic (exact) mass is 448 g/mol. The van der Waals surface area contributed by atoms with Crippen LogP contribution in [0.2, 0.25) is 0 Å². The van der Waals surface area contributed by atoms with Crippen LogP contribution in [-0.2, 0) is 19.6 Å². The number of hydrogen-bond acceptors (Lipinski definition) is 7. The molecule has 1 aliphatic rings. The summed E-state index contributed by atoms with van der Waals surface area (Å²) in [7, 11) is -3.69. The van der Waals surface area contributed by atoms with E-state index in [0.717, 1.165) is 0 Å². The van der Waals surface area contributed by atoms with E-state index in [-0.39, 0.29) is 30.2 Å². The molecule has 3 rings (SSSR count). The lowest BCUT2D eigenvalue weighted by atomic mass is 10.1. The maximum absolute atomic E-state index is 12.9. The van der Waals surface area contributed by atoms with Crippen LogP contribution in [0.5, 0.6) is 0 Å². The predicted molar refractivity (Wildman–Crippen MR) is 116 cm³/mol. The molecule has 0 bridgehead atoms. The molecule has 166 valence electrons. The van der Waals surface area contributed by atoms with Gasteiger partial charge in [0.1, 0.15) is 0 Å². The lowest BCUT2D eigenvalue weighted by Crippen LogP contribution is -2.40. The first-order valence-corrected chi connectivity index (χ1v) is 11.1. The molecular weight excluding hydrogens is 424 g/mol. The van der Waals surface area contributed by atoms with Crippen LogP contribution in [0.25, 0.3) is 0 Å². The molecule has 1 saturated heterocycles. The predicted octanol–water partition coefficient (Wildman–Crippen LogP) is 2.28. The number of benzene rings is 2. The molecule has 0 spiro atoms. The third kappa shape index (κ3) is 5.19. The number of aryl methyl sites for hydroxylation is 1. The van der Waals surface area contributed by atoms with E-state index in [4.69, 9.17) is 4.74 Å². The fourth-order valence-electron chi connectivity index (χ4n) is 3.21. The van der Waals surface area contributed by atoms with Gasteiger partial charge in [0, 0.05) is 36.1 Å². The Balaban J connectivity index is 1.71. The van der Waals surface area contributed by atoms with Crippen LogP contribution in [0, 0.1) is 24.0 Å². The fourth-order valence-corrected chi connectivity index (χ4v) is 4.65.